The molecule has 1 N–H and O–H groups in total. The summed E-state index contributed by atoms with van der Waals surface area (Å²) in [5.74, 6) is 0. The van der Waals surface area contributed by atoms with Crippen LogP contribution in [0.4, 0.5) is 13.2 Å². The summed E-state index contributed by atoms with van der Waals surface area (Å²) in [7, 11) is -5.84. The molecule has 27 heavy (non-hydrogen) atoms. The summed E-state index contributed by atoms with van der Waals surface area (Å²) >= 11 is 3.42. The first kappa shape index (κ1) is 25.5. The molecule has 2 heterocycles. The summed E-state index contributed by atoms with van der Waals surface area (Å²) in [4.78, 5) is 8.33. The van der Waals surface area contributed by atoms with Gasteiger partial charge in [0, 0.05) is 28.3 Å². The lowest BCUT2D eigenvalue weighted by Gasteiger charge is -2.03. The lowest BCUT2D eigenvalue weighted by molar-refractivity contribution is -0.0510. The second-order valence-corrected chi connectivity index (χ2v) is 7.97. The molecule has 0 aliphatic heterocycles. The van der Waals surface area contributed by atoms with Gasteiger partial charge in [-0.05, 0) is 85.8 Å². The second-order valence-electron chi connectivity index (χ2n) is 5.70. The van der Waals surface area contributed by atoms with E-state index in [1.54, 1.807) is 0 Å². The minimum atomic E-state index is -5.84. The average Bonchev–Trinajstić information content (AvgIpc) is 2.53. The topological polar surface area (TPSA) is 80.2 Å². The van der Waals surface area contributed by atoms with Crippen molar-refractivity contribution in [2.24, 2.45) is 0 Å². The molecule has 0 fully saturated rings. The molecule has 2 rings (SSSR count). The molecule has 0 amide bonds. The third-order valence-corrected chi connectivity index (χ3v) is 5.24. The summed E-state index contributed by atoms with van der Waals surface area (Å²) in [6.45, 7) is 12.4. The molecule has 5 nitrogen and oxygen atoms in total. The molecule has 0 unspecified atom stereocenters. The van der Waals surface area contributed by atoms with Gasteiger partial charge in [0.05, 0.1) is 0 Å². The van der Waals surface area contributed by atoms with Gasteiger partial charge >= 0.3 is 15.6 Å². The van der Waals surface area contributed by atoms with Gasteiger partial charge in [-0.25, -0.2) is 0 Å². The fourth-order valence-electron chi connectivity index (χ4n) is 1.57. The van der Waals surface area contributed by atoms with Gasteiger partial charge in [-0.3, -0.25) is 14.5 Å². The number of aryl methyl sites for hydroxylation is 3. The van der Waals surface area contributed by atoms with Crippen LogP contribution in [0.5, 0.6) is 0 Å². The number of hydrogen-bond donors (Lipinski definition) is 1. The van der Waals surface area contributed by atoms with Gasteiger partial charge in [-0.15, -0.1) is 0 Å². The van der Waals surface area contributed by atoms with Crippen LogP contribution in [0.15, 0.2) is 22.9 Å². The molecule has 0 aliphatic carbocycles. The number of aromatic nitrogens is 2. The van der Waals surface area contributed by atoms with Crippen molar-refractivity contribution in [3.05, 3.63) is 56.6 Å². The lowest BCUT2D eigenvalue weighted by Crippen LogP contribution is -2.21. The average molecular weight is 471 g/mol. The molecule has 0 atom stereocenters. The summed E-state index contributed by atoms with van der Waals surface area (Å²) < 4.78 is 58.6. The van der Waals surface area contributed by atoms with Crippen molar-refractivity contribution in [3.8, 4) is 0 Å². The highest BCUT2D eigenvalue weighted by molar-refractivity contribution is 9.10. The third kappa shape index (κ3) is 8.35. The quantitative estimate of drug-likeness (QED) is 0.424. The van der Waals surface area contributed by atoms with Gasteiger partial charge in [0.2, 0.25) is 0 Å². The number of halogens is 4. The van der Waals surface area contributed by atoms with Crippen LogP contribution in [0.1, 0.15) is 33.6 Å². The van der Waals surface area contributed by atoms with Crippen LogP contribution < -0.4 is 0 Å². The Morgan fingerprint density at radius 3 is 1.70 bits per heavy atom. The van der Waals surface area contributed by atoms with E-state index in [4.69, 9.17) is 13.0 Å². The van der Waals surface area contributed by atoms with Crippen LogP contribution in [-0.2, 0) is 10.1 Å². The molecule has 2 aromatic heterocycles. The molecule has 0 aromatic carbocycles. The largest absolute Gasteiger partial charge is 0.522 e. The Bertz CT molecular complexity index is 838. The van der Waals surface area contributed by atoms with Gasteiger partial charge in [-0.2, -0.15) is 21.6 Å². The number of hydrogen-bond acceptors (Lipinski definition) is 4. The fraction of sp³-hybridized carbons (Fsp3) is 0.412. The SMILES string of the molecule is Cc1ccnc(C)c1C.Cc1ncc(Br)c(C)c1C.O=S(=O)(O)C(F)(F)F. The van der Waals surface area contributed by atoms with Crippen LogP contribution in [0.25, 0.3) is 0 Å². The Kier molecular flexibility index (Phi) is 9.57. The van der Waals surface area contributed by atoms with E-state index in [0.717, 1.165) is 15.9 Å². The van der Waals surface area contributed by atoms with E-state index in [1.165, 1.54) is 22.3 Å². The minimum Gasteiger partial charge on any atom is -0.279 e. The molecule has 0 radical (unpaired) electrons. The van der Waals surface area contributed by atoms with Gasteiger partial charge in [0.15, 0.2) is 0 Å². The van der Waals surface area contributed by atoms with E-state index in [2.05, 4.69) is 53.6 Å². The van der Waals surface area contributed by atoms with E-state index in [0.29, 0.717) is 0 Å². The van der Waals surface area contributed by atoms with Crippen molar-refractivity contribution in [3.63, 3.8) is 0 Å². The predicted molar refractivity (Wildman–Crippen MR) is 102 cm³/mol. The van der Waals surface area contributed by atoms with Crippen LogP contribution in [0.3, 0.4) is 0 Å². The molecule has 0 bridgehead atoms. The van der Waals surface area contributed by atoms with E-state index in [-0.39, 0.29) is 0 Å². The molecule has 0 spiro atoms. The smallest absolute Gasteiger partial charge is 0.279 e. The highest BCUT2D eigenvalue weighted by atomic mass is 79.9. The van der Waals surface area contributed by atoms with Gasteiger partial charge < -0.3 is 0 Å². The molecular weight excluding hydrogens is 449 g/mol. The van der Waals surface area contributed by atoms with Crippen molar-refractivity contribution in [1.29, 1.82) is 0 Å². The summed E-state index contributed by atoms with van der Waals surface area (Å²) in [5, 5.41) is 0. The van der Waals surface area contributed by atoms with Crippen LogP contribution in [0, 0.1) is 41.5 Å². The summed E-state index contributed by atoms with van der Waals surface area (Å²) in [6, 6.07) is 2.03. The Balaban J connectivity index is 0.000000379. The van der Waals surface area contributed by atoms with Crippen LogP contribution in [0.2, 0.25) is 0 Å². The van der Waals surface area contributed by atoms with Crippen molar-refractivity contribution in [2.75, 3.05) is 0 Å². The minimum absolute atomic E-state index is 1.09. The van der Waals surface area contributed by atoms with E-state index in [9.17, 15) is 13.2 Å². The monoisotopic (exact) mass is 470 g/mol. The first-order valence-electron chi connectivity index (χ1n) is 7.60. The first-order chi connectivity index (χ1) is 12.1. The standard InChI is InChI=1S/C8H10BrN.C8H11N.CHF3O3S/c1-5-6(2)8(9)4-10-7(5)3;1-6-4-5-9-8(3)7(6)2;2-1(3,4)8(5,6)7/h4H,1-3H3;4-5H,1-3H3;(H,5,6,7). The zero-order valence-electron chi connectivity index (χ0n) is 15.8. The van der Waals surface area contributed by atoms with Crippen LogP contribution >= 0.6 is 15.9 Å². The first-order valence-corrected chi connectivity index (χ1v) is 9.83. The maximum absolute atomic E-state index is 10.7. The maximum atomic E-state index is 10.7. The van der Waals surface area contributed by atoms with Gasteiger partial charge in [0.1, 0.15) is 0 Å². The molecule has 0 saturated carbocycles. The Labute approximate surface area is 165 Å². The van der Waals surface area contributed by atoms with E-state index >= 15 is 0 Å². The highest BCUT2D eigenvalue weighted by Crippen LogP contribution is 2.20. The zero-order valence-corrected chi connectivity index (χ0v) is 18.2. The number of alkyl halides is 3. The maximum Gasteiger partial charge on any atom is 0.522 e. The Morgan fingerprint density at radius 1 is 0.926 bits per heavy atom. The summed E-state index contributed by atoms with van der Waals surface area (Å²) in [5.41, 5.74) is 1.89. The third-order valence-electron chi connectivity index (χ3n) is 3.85. The van der Waals surface area contributed by atoms with Crippen molar-refractivity contribution in [1.82, 2.24) is 9.97 Å². The van der Waals surface area contributed by atoms with Crippen molar-refractivity contribution < 1.29 is 26.1 Å². The lowest BCUT2D eigenvalue weighted by atomic mass is 10.1. The van der Waals surface area contributed by atoms with Crippen LogP contribution in [-0.4, -0.2) is 28.4 Å². The highest BCUT2D eigenvalue weighted by Gasteiger charge is 2.44. The Hall–Kier alpha value is -1.52. The fourth-order valence-corrected chi connectivity index (χ4v) is 1.97. The number of nitrogens with zero attached hydrogens (tertiary/aromatic N) is 2. The van der Waals surface area contributed by atoms with E-state index < -0.39 is 15.6 Å². The van der Waals surface area contributed by atoms with E-state index in [1.807, 2.05) is 32.3 Å². The zero-order chi connectivity index (χ0) is 21.6. The molecule has 0 aliphatic rings. The predicted octanol–water partition coefficient (Wildman–Crippen LogP) is 5.17. The Morgan fingerprint density at radius 2 is 1.37 bits per heavy atom. The molecule has 152 valence electrons. The number of pyridine rings is 2. The summed E-state index contributed by atoms with van der Waals surface area (Å²) in [6.07, 6.45) is 3.69. The molecule has 2 aromatic rings. The molecule has 10 heteroatoms. The molecular formula is C17H22BrF3N2O3S. The van der Waals surface area contributed by atoms with Gasteiger partial charge in [-0.1, -0.05) is 0 Å². The van der Waals surface area contributed by atoms with Gasteiger partial charge in [0.25, 0.3) is 0 Å². The number of rotatable bonds is 0. The normalized spacial score (nSPS) is 11.1. The second kappa shape index (κ2) is 10.1. The van der Waals surface area contributed by atoms with Crippen molar-refractivity contribution in [2.45, 2.75) is 47.1 Å². The van der Waals surface area contributed by atoms with Crippen molar-refractivity contribution >= 4 is 26.0 Å². The molecule has 0 saturated heterocycles.